The quantitative estimate of drug-likeness (QED) is 0.565. The van der Waals surface area contributed by atoms with Crippen LogP contribution in [0, 0.1) is 0 Å². The van der Waals surface area contributed by atoms with E-state index in [1.807, 2.05) is 60.7 Å². The fourth-order valence-electron chi connectivity index (χ4n) is 2.26. The molecule has 0 amide bonds. The second-order valence-corrected chi connectivity index (χ2v) is 5.89. The van der Waals surface area contributed by atoms with Crippen molar-refractivity contribution in [2.75, 3.05) is 19.8 Å². The maximum Gasteiger partial charge on any atom is 0.344 e. The molecule has 2 rings (SSSR count). The predicted octanol–water partition coefficient (Wildman–Crippen LogP) is 2.89. The monoisotopic (exact) mass is 372 g/mol. The highest BCUT2D eigenvalue weighted by atomic mass is 16.6. The summed E-state index contributed by atoms with van der Waals surface area (Å²) >= 11 is 0. The lowest BCUT2D eigenvalue weighted by Crippen LogP contribution is -2.30. The van der Waals surface area contributed by atoms with Crippen molar-refractivity contribution in [1.82, 2.24) is 0 Å². The number of ether oxygens (including phenoxy) is 4. The zero-order valence-corrected chi connectivity index (χ0v) is 15.3. The summed E-state index contributed by atoms with van der Waals surface area (Å²) in [6, 6.07) is 19.4. The molecule has 0 fully saturated rings. The topological polar surface area (TPSA) is 71.1 Å². The first-order valence-corrected chi connectivity index (χ1v) is 8.69. The highest BCUT2D eigenvalue weighted by molar-refractivity contribution is 5.75. The van der Waals surface area contributed by atoms with Gasteiger partial charge in [-0.3, -0.25) is 4.79 Å². The summed E-state index contributed by atoms with van der Waals surface area (Å²) in [6.45, 7) is 1.96. The van der Waals surface area contributed by atoms with E-state index in [1.54, 1.807) is 0 Å². The third-order valence-corrected chi connectivity index (χ3v) is 3.52. The number of benzene rings is 2. The molecule has 144 valence electrons. The van der Waals surface area contributed by atoms with Crippen molar-refractivity contribution in [1.29, 1.82) is 0 Å². The van der Waals surface area contributed by atoms with Gasteiger partial charge in [-0.1, -0.05) is 60.7 Å². The summed E-state index contributed by atoms with van der Waals surface area (Å²) in [5.41, 5.74) is 2.04. The summed E-state index contributed by atoms with van der Waals surface area (Å²) in [5.74, 6) is -1.18. The van der Waals surface area contributed by atoms with Gasteiger partial charge in [0.05, 0.1) is 26.4 Å². The maximum absolute atomic E-state index is 11.8. The van der Waals surface area contributed by atoms with Crippen LogP contribution in [0.5, 0.6) is 0 Å². The normalized spacial score (nSPS) is 10.6. The molecule has 0 saturated carbocycles. The van der Waals surface area contributed by atoms with Crippen LogP contribution in [-0.4, -0.2) is 37.9 Å². The molecule has 0 N–H and O–H groups in total. The van der Waals surface area contributed by atoms with Crippen LogP contribution in [0.3, 0.4) is 0 Å². The first-order chi connectivity index (χ1) is 13.1. The molecular formula is C21H24O6. The number of carbonyl (C=O) groups excluding carboxylic acids is 2. The van der Waals surface area contributed by atoms with E-state index < -0.39 is 24.6 Å². The van der Waals surface area contributed by atoms with E-state index in [4.69, 9.17) is 14.2 Å². The van der Waals surface area contributed by atoms with Crippen LogP contribution in [0.25, 0.3) is 0 Å². The van der Waals surface area contributed by atoms with Crippen molar-refractivity contribution in [3.63, 3.8) is 0 Å². The maximum atomic E-state index is 11.8. The third-order valence-electron chi connectivity index (χ3n) is 3.52. The Morgan fingerprint density at radius 1 is 0.815 bits per heavy atom. The van der Waals surface area contributed by atoms with Gasteiger partial charge in [0.2, 0.25) is 0 Å². The standard InChI is InChI=1S/C21H24O6/c1-17(22)26-16-21(23)27-20(14-24-12-18-8-4-2-5-9-18)15-25-13-19-10-6-3-7-11-19/h2-11,20H,12-16H2,1H3. The van der Waals surface area contributed by atoms with Crippen molar-refractivity contribution in [2.24, 2.45) is 0 Å². The molecule has 0 radical (unpaired) electrons. The molecule has 0 atom stereocenters. The van der Waals surface area contributed by atoms with Gasteiger partial charge >= 0.3 is 11.9 Å². The molecule has 2 aromatic carbocycles. The summed E-state index contributed by atoms with van der Waals surface area (Å²) in [7, 11) is 0. The predicted molar refractivity (Wildman–Crippen MR) is 98.7 cm³/mol. The van der Waals surface area contributed by atoms with Gasteiger partial charge in [0, 0.05) is 6.92 Å². The average molecular weight is 372 g/mol. The molecule has 2 aromatic rings. The van der Waals surface area contributed by atoms with Crippen LogP contribution >= 0.6 is 0 Å². The molecule has 27 heavy (non-hydrogen) atoms. The van der Waals surface area contributed by atoms with E-state index in [9.17, 15) is 9.59 Å². The third kappa shape index (κ3) is 8.99. The van der Waals surface area contributed by atoms with E-state index in [1.165, 1.54) is 6.92 Å². The van der Waals surface area contributed by atoms with Gasteiger partial charge < -0.3 is 18.9 Å². The minimum atomic E-state index is -0.637. The van der Waals surface area contributed by atoms with Crippen molar-refractivity contribution >= 4 is 11.9 Å². The molecule has 0 aliphatic heterocycles. The molecule has 0 unspecified atom stereocenters. The van der Waals surface area contributed by atoms with Gasteiger partial charge in [-0.25, -0.2) is 4.79 Å². The highest BCUT2D eigenvalue weighted by Crippen LogP contribution is 2.06. The molecule has 6 heteroatoms. The second kappa shape index (κ2) is 11.8. The summed E-state index contributed by atoms with van der Waals surface area (Å²) in [6.07, 6.45) is -0.597. The van der Waals surface area contributed by atoms with Crippen LogP contribution in [0.1, 0.15) is 18.1 Å². The number of carbonyl (C=O) groups is 2. The summed E-state index contributed by atoms with van der Waals surface area (Å²) in [4.78, 5) is 22.6. The lowest BCUT2D eigenvalue weighted by Gasteiger charge is -2.18. The van der Waals surface area contributed by atoms with Crippen molar-refractivity contribution in [2.45, 2.75) is 26.2 Å². The molecule has 0 saturated heterocycles. The lowest BCUT2D eigenvalue weighted by molar-refractivity contribution is -0.166. The van der Waals surface area contributed by atoms with Crippen molar-refractivity contribution in [3.8, 4) is 0 Å². The van der Waals surface area contributed by atoms with Crippen LogP contribution in [0.2, 0.25) is 0 Å². The first-order valence-electron chi connectivity index (χ1n) is 8.69. The Labute approximate surface area is 159 Å². The van der Waals surface area contributed by atoms with E-state index in [-0.39, 0.29) is 13.2 Å². The van der Waals surface area contributed by atoms with Gasteiger partial charge in [-0.2, -0.15) is 0 Å². The Morgan fingerprint density at radius 3 is 1.74 bits per heavy atom. The van der Waals surface area contributed by atoms with Crippen molar-refractivity contribution in [3.05, 3.63) is 71.8 Å². The number of hydrogen-bond acceptors (Lipinski definition) is 6. The molecule has 0 bridgehead atoms. The average Bonchev–Trinajstić information content (AvgIpc) is 2.68. The fraction of sp³-hybridized carbons (Fsp3) is 0.333. The molecule has 0 aromatic heterocycles. The zero-order valence-electron chi connectivity index (χ0n) is 15.3. The number of esters is 2. The minimum Gasteiger partial charge on any atom is -0.455 e. The summed E-state index contributed by atoms with van der Waals surface area (Å²) < 4.78 is 21.3. The van der Waals surface area contributed by atoms with E-state index in [2.05, 4.69) is 4.74 Å². The molecule has 0 aliphatic rings. The van der Waals surface area contributed by atoms with Gasteiger partial charge in [-0.15, -0.1) is 0 Å². The number of hydrogen-bond donors (Lipinski definition) is 0. The van der Waals surface area contributed by atoms with Gasteiger partial charge in [0.1, 0.15) is 6.10 Å². The van der Waals surface area contributed by atoms with Crippen LogP contribution < -0.4 is 0 Å². The van der Waals surface area contributed by atoms with Crippen molar-refractivity contribution < 1.29 is 28.5 Å². The van der Waals surface area contributed by atoms with E-state index >= 15 is 0 Å². The van der Waals surface area contributed by atoms with E-state index in [0.29, 0.717) is 13.2 Å². The Bertz CT molecular complexity index is 641. The molecule has 6 nitrogen and oxygen atoms in total. The van der Waals surface area contributed by atoms with Gasteiger partial charge in [0.25, 0.3) is 0 Å². The molecule has 0 heterocycles. The Kier molecular flexibility index (Phi) is 9.03. The largest absolute Gasteiger partial charge is 0.455 e. The first kappa shape index (κ1) is 20.6. The molecule has 0 aliphatic carbocycles. The number of rotatable bonds is 11. The fourth-order valence-corrected chi connectivity index (χ4v) is 2.26. The van der Waals surface area contributed by atoms with E-state index in [0.717, 1.165) is 11.1 Å². The second-order valence-electron chi connectivity index (χ2n) is 5.89. The SMILES string of the molecule is CC(=O)OCC(=O)OC(COCc1ccccc1)COCc1ccccc1. The smallest absolute Gasteiger partial charge is 0.344 e. The molecule has 0 spiro atoms. The highest BCUT2D eigenvalue weighted by Gasteiger charge is 2.16. The summed E-state index contributed by atoms with van der Waals surface area (Å²) in [5, 5.41) is 0. The Hall–Kier alpha value is -2.70. The zero-order chi connectivity index (χ0) is 19.3. The van der Waals surface area contributed by atoms with Crippen LogP contribution in [-0.2, 0) is 41.8 Å². The lowest BCUT2D eigenvalue weighted by atomic mass is 10.2. The minimum absolute atomic E-state index is 0.176. The van der Waals surface area contributed by atoms with Crippen LogP contribution in [0.4, 0.5) is 0 Å². The van der Waals surface area contributed by atoms with Gasteiger partial charge in [0.15, 0.2) is 6.61 Å². The Morgan fingerprint density at radius 2 is 1.30 bits per heavy atom. The van der Waals surface area contributed by atoms with Crippen LogP contribution in [0.15, 0.2) is 60.7 Å². The van der Waals surface area contributed by atoms with Gasteiger partial charge in [-0.05, 0) is 11.1 Å². The molecular weight excluding hydrogens is 348 g/mol. The Balaban J connectivity index is 1.80.